The minimum atomic E-state index is -4.29. The number of methoxy groups -OCH3 is 2. The molecule has 43 heavy (non-hydrogen) atoms. The Hall–Kier alpha value is -4.12. The predicted molar refractivity (Wildman–Crippen MR) is 162 cm³/mol. The molecule has 230 valence electrons. The molecule has 0 aromatic heterocycles. The number of hydrogen-bond donors (Lipinski definition) is 1. The third-order valence-electron chi connectivity index (χ3n) is 7.65. The number of anilines is 1. The first-order chi connectivity index (χ1) is 20.6. The Morgan fingerprint density at radius 2 is 1.63 bits per heavy atom. The molecule has 1 N–H and O–H groups in total. The van der Waals surface area contributed by atoms with Gasteiger partial charge in [-0.25, -0.2) is 12.8 Å². The lowest BCUT2D eigenvalue weighted by Gasteiger charge is -2.33. The fourth-order valence-corrected chi connectivity index (χ4v) is 6.60. The van der Waals surface area contributed by atoms with Crippen LogP contribution in [0, 0.1) is 5.82 Å². The largest absolute Gasteiger partial charge is 0.497 e. The van der Waals surface area contributed by atoms with Crippen molar-refractivity contribution in [3.05, 3.63) is 84.2 Å². The van der Waals surface area contributed by atoms with Crippen molar-refractivity contribution in [2.24, 2.45) is 0 Å². The summed E-state index contributed by atoms with van der Waals surface area (Å²) in [6.45, 7) is 0.942. The first kappa shape index (κ1) is 31.8. The van der Waals surface area contributed by atoms with Crippen LogP contribution in [0.15, 0.2) is 77.7 Å². The first-order valence-corrected chi connectivity index (χ1v) is 15.7. The number of sulfonamides is 1. The van der Waals surface area contributed by atoms with Crippen LogP contribution in [0.25, 0.3) is 0 Å². The molecule has 0 bridgehead atoms. The minimum absolute atomic E-state index is 0.0162. The number of benzene rings is 3. The quantitative estimate of drug-likeness (QED) is 0.312. The molecule has 3 aromatic rings. The fraction of sp³-hybridized carbons (Fsp3) is 0.375. The van der Waals surface area contributed by atoms with E-state index in [2.05, 4.69) is 5.32 Å². The molecule has 0 unspecified atom stereocenters. The van der Waals surface area contributed by atoms with E-state index in [0.29, 0.717) is 11.3 Å². The molecule has 1 aliphatic rings. The lowest BCUT2D eigenvalue weighted by molar-refractivity contribution is -0.139. The number of carbonyl (C=O) groups is 2. The second kappa shape index (κ2) is 14.4. The lowest BCUT2D eigenvalue weighted by Crippen LogP contribution is -2.53. The highest BCUT2D eigenvalue weighted by molar-refractivity contribution is 7.92. The summed E-state index contributed by atoms with van der Waals surface area (Å²) in [7, 11) is -1.44. The highest BCUT2D eigenvalue weighted by Gasteiger charge is 2.34. The van der Waals surface area contributed by atoms with Gasteiger partial charge < -0.3 is 19.7 Å². The molecule has 0 heterocycles. The third-order valence-corrected chi connectivity index (χ3v) is 9.42. The van der Waals surface area contributed by atoms with E-state index in [1.165, 1.54) is 61.6 Å². The molecule has 4 rings (SSSR count). The van der Waals surface area contributed by atoms with Crippen molar-refractivity contribution >= 4 is 27.5 Å². The van der Waals surface area contributed by atoms with E-state index in [4.69, 9.17) is 9.47 Å². The maximum Gasteiger partial charge on any atom is 0.264 e. The summed E-state index contributed by atoms with van der Waals surface area (Å²) in [5.41, 5.74) is 0.684. The Morgan fingerprint density at radius 3 is 2.26 bits per heavy atom. The number of nitrogens with zero attached hydrogens (tertiary/aromatic N) is 2. The summed E-state index contributed by atoms with van der Waals surface area (Å²) < 4.78 is 53.6. The standard InChI is InChI=1S/C32H38FN3O6S/c1-23(32(38)34-26-10-6-4-7-11-26)35(21-24-14-16-25(33)17-15-24)31(37)22-36(43(39,40)28-12-8-5-9-13-28)29-20-27(41-2)18-19-30(29)42-3/h5,8-9,12-20,23,26H,4,6-7,10-11,21-22H2,1-3H3,(H,34,38)/t23-/m0/s1. The van der Waals surface area contributed by atoms with Crippen molar-refractivity contribution < 1.29 is 31.9 Å². The smallest absolute Gasteiger partial charge is 0.264 e. The summed E-state index contributed by atoms with van der Waals surface area (Å²) in [4.78, 5) is 28.9. The zero-order chi connectivity index (χ0) is 31.0. The average molecular weight is 612 g/mol. The van der Waals surface area contributed by atoms with Crippen LogP contribution in [0.2, 0.25) is 0 Å². The van der Waals surface area contributed by atoms with Gasteiger partial charge in [-0.15, -0.1) is 0 Å². The molecule has 1 atom stereocenters. The van der Waals surface area contributed by atoms with Crippen LogP contribution in [0.3, 0.4) is 0 Å². The normalized spacial score (nSPS) is 14.4. The van der Waals surface area contributed by atoms with E-state index in [1.807, 2.05) is 0 Å². The van der Waals surface area contributed by atoms with Gasteiger partial charge >= 0.3 is 0 Å². The number of rotatable bonds is 12. The molecule has 1 fully saturated rings. The number of halogens is 1. The summed E-state index contributed by atoms with van der Waals surface area (Å²) in [5, 5.41) is 3.06. The number of ether oxygens (including phenoxy) is 2. The van der Waals surface area contributed by atoms with Gasteiger partial charge in [0.25, 0.3) is 10.0 Å². The van der Waals surface area contributed by atoms with Crippen molar-refractivity contribution in [2.45, 2.75) is 62.6 Å². The zero-order valence-corrected chi connectivity index (χ0v) is 25.5. The van der Waals surface area contributed by atoms with Gasteiger partial charge in [-0.3, -0.25) is 13.9 Å². The average Bonchev–Trinajstić information content (AvgIpc) is 3.03. The maximum atomic E-state index is 14.2. The Kier molecular flexibility index (Phi) is 10.6. The molecule has 9 nitrogen and oxygen atoms in total. The first-order valence-electron chi connectivity index (χ1n) is 14.3. The number of hydrogen-bond acceptors (Lipinski definition) is 6. The van der Waals surface area contributed by atoms with Crippen molar-refractivity contribution in [3.63, 3.8) is 0 Å². The Bertz CT molecular complexity index is 1500. The fourth-order valence-electron chi connectivity index (χ4n) is 5.16. The van der Waals surface area contributed by atoms with E-state index in [0.717, 1.165) is 36.4 Å². The summed E-state index contributed by atoms with van der Waals surface area (Å²) >= 11 is 0. The highest BCUT2D eigenvalue weighted by Crippen LogP contribution is 2.36. The maximum absolute atomic E-state index is 14.2. The van der Waals surface area contributed by atoms with Gasteiger partial charge in [0.05, 0.1) is 24.8 Å². The van der Waals surface area contributed by atoms with Crippen LogP contribution >= 0.6 is 0 Å². The van der Waals surface area contributed by atoms with E-state index in [1.54, 1.807) is 37.3 Å². The predicted octanol–water partition coefficient (Wildman–Crippen LogP) is 4.90. The van der Waals surface area contributed by atoms with Crippen molar-refractivity contribution in [2.75, 3.05) is 25.1 Å². The molecule has 3 aromatic carbocycles. The zero-order valence-electron chi connectivity index (χ0n) is 24.7. The highest BCUT2D eigenvalue weighted by atomic mass is 32.2. The second-order valence-corrected chi connectivity index (χ2v) is 12.4. The molecule has 0 saturated heterocycles. The number of carbonyl (C=O) groups excluding carboxylic acids is 2. The summed E-state index contributed by atoms with van der Waals surface area (Å²) in [5.74, 6) is -0.824. The van der Waals surface area contributed by atoms with Gasteiger partial charge in [-0.05, 0) is 61.7 Å². The monoisotopic (exact) mass is 611 g/mol. The van der Waals surface area contributed by atoms with E-state index in [9.17, 15) is 22.4 Å². The molecule has 0 spiro atoms. The molecule has 1 aliphatic carbocycles. The van der Waals surface area contributed by atoms with Gasteiger partial charge in [-0.2, -0.15) is 0 Å². The van der Waals surface area contributed by atoms with E-state index < -0.39 is 34.3 Å². The lowest BCUT2D eigenvalue weighted by atomic mass is 9.95. The molecule has 2 amide bonds. The van der Waals surface area contributed by atoms with E-state index >= 15 is 0 Å². The van der Waals surface area contributed by atoms with E-state index in [-0.39, 0.29) is 34.8 Å². The molecule has 0 radical (unpaired) electrons. The van der Waals surface area contributed by atoms with Crippen LogP contribution < -0.4 is 19.1 Å². The van der Waals surface area contributed by atoms with Gasteiger partial charge in [0.15, 0.2) is 0 Å². The molecule has 1 saturated carbocycles. The van der Waals surface area contributed by atoms with Crippen LogP contribution in [-0.2, 0) is 26.2 Å². The van der Waals surface area contributed by atoms with Gasteiger partial charge in [0.2, 0.25) is 11.8 Å². The van der Waals surface area contributed by atoms with Crippen LogP contribution in [0.5, 0.6) is 11.5 Å². The third kappa shape index (κ3) is 7.84. The number of amides is 2. The van der Waals surface area contributed by atoms with Gasteiger partial charge in [0.1, 0.15) is 29.9 Å². The second-order valence-electron chi connectivity index (χ2n) is 10.5. The van der Waals surface area contributed by atoms with Gasteiger partial charge in [0, 0.05) is 18.7 Å². The molecular formula is C32H38FN3O6S. The SMILES string of the molecule is COc1ccc(OC)c(N(CC(=O)N(Cc2ccc(F)cc2)[C@@H](C)C(=O)NC2CCCCC2)S(=O)(=O)c2ccccc2)c1. The minimum Gasteiger partial charge on any atom is -0.497 e. The van der Waals surface area contributed by atoms with Crippen LogP contribution in [0.4, 0.5) is 10.1 Å². The number of nitrogens with one attached hydrogen (secondary N) is 1. The van der Waals surface area contributed by atoms with Gasteiger partial charge in [-0.1, -0.05) is 49.6 Å². The van der Waals surface area contributed by atoms with Crippen molar-refractivity contribution in [1.82, 2.24) is 10.2 Å². The topological polar surface area (TPSA) is 105 Å². The van der Waals surface area contributed by atoms with Crippen LogP contribution in [0.1, 0.15) is 44.6 Å². The molecule has 0 aliphatic heterocycles. The summed E-state index contributed by atoms with van der Waals surface area (Å²) in [6.07, 6.45) is 4.89. The summed E-state index contributed by atoms with van der Waals surface area (Å²) in [6, 6.07) is 17.1. The Morgan fingerprint density at radius 1 is 0.953 bits per heavy atom. The molecular weight excluding hydrogens is 573 g/mol. The molecule has 11 heteroatoms. The van der Waals surface area contributed by atoms with Crippen LogP contribution in [-0.4, -0.2) is 58.0 Å². The van der Waals surface area contributed by atoms with Crippen molar-refractivity contribution in [1.29, 1.82) is 0 Å². The van der Waals surface area contributed by atoms with Crippen molar-refractivity contribution in [3.8, 4) is 11.5 Å². The Labute approximate surface area is 252 Å². The Balaban J connectivity index is 1.73.